The van der Waals surface area contributed by atoms with Gasteiger partial charge >= 0.3 is 0 Å². The molecule has 1 aromatic carbocycles. The Hall–Kier alpha value is -1.48. The summed E-state index contributed by atoms with van der Waals surface area (Å²) >= 11 is 0. The van der Waals surface area contributed by atoms with E-state index in [-0.39, 0.29) is 0 Å². The molecule has 0 spiro atoms. The van der Waals surface area contributed by atoms with Crippen molar-refractivity contribution in [3.05, 3.63) is 29.5 Å². The van der Waals surface area contributed by atoms with Crippen LogP contribution in [0.3, 0.4) is 0 Å². The monoisotopic (exact) mass is 242 g/mol. The van der Waals surface area contributed by atoms with Gasteiger partial charge in [-0.05, 0) is 49.4 Å². The highest BCUT2D eigenvalue weighted by atomic mass is 16.5. The van der Waals surface area contributed by atoms with Crippen molar-refractivity contribution in [1.29, 1.82) is 0 Å². The lowest BCUT2D eigenvalue weighted by atomic mass is 9.92. The molecular formula is C15H18N2O. The van der Waals surface area contributed by atoms with Crippen molar-refractivity contribution in [2.45, 2.75) is 25.2 Å². The van der Waals surface area contributed by atoms with Crippen LogP contribution in [0.2, 0.25) is 0 Å². The third-order valence-electron chi connectivity index (χ3n) is 4.27. The maximum absolute atomic E-state index is 5.79. The fraction of sp³-hybridized carbons (Fsp3) is 0.467. The van der Waals surface area contributed by atoms with Gasteiger partial charge in [-0.15, -0.1) is 0 Å². The molecule has 2 N–H and O–H groups in total. The predicted molar refractivity (Wildman–Crippen MR) is 72.3 cm³/mol. The minimum absolute atomic E-state index is 0.659. The fourth-order valence-electron chi connectivity index (χ4n) is 3.36. The molecule has 2 aliphatic heterocycles. The van der Waals surface area contributed by atoms with Crippen molar-refractivity contribution < 1.29 is 4.74 Å². The average Bonchev–Trinajstić information content (AvgIpc) is 3.07. The van der Waals surface area contributed by atoms with Gasteiger partial charge < -0.3 is 15.0 Å². The molecular weight excluding hydrogens is 224 g/mol. The number of H-pyrrole nitrogens is 1. The zero-order valence-electron chi connectivity index (χ0n) is 10.5. The predicted octanol–water partition coefficient (Wildman–Crippen LogP) is 2.57. The van der Waals surface area contributed by atoms with Crippen molar-refractivity contribution in [3.63, 3.8) is 0 Å². The van der Waals surface area contributed by atoms with Gasteiger partial charge in [-0.1, -0.05) is 0 Å². The lowest BCUT2D eigenvalue weighted by Gasteiger charge is -2.19. The summed E-state index contributed by atoms with van der Waals surface area (Å²) in [6.07, 6.45) is 5.74. The molecule has 0 saturated carbocycles. The van der Waals surface area contributed by atoms with E-state index in [0.29, 0.717) is 5.92 Å². The molecule has 2 aromatic rings. The molecule has 1 unspecified atom stereocenters. The van der Waals surface area contributed by atoms with Gasteiger partial charge in [-0.2, -0.15) is 0 Å². The molecule has 0 bridgehead atoms. The summed E-state index contributed by atoms with van der Waals surface area (Å²) in [5, 5.41) is 4.89. The Morgan fingerprint density at radius 2 is 2.28 bits per heavy atom. The summed E-state index contributed by atoms with van der Waals surface area (Å²) in [7, 11) is 0. The van der Waals surface area contributed by atoms with Crippen LogP contribution in [0.4, 0.5) is 0 Å². The molecule has 0 radical (unpaired) electrons. The molecule has 1 aromatic heterocycles. The van der Waals surface area contributed by atoms with Gasteiger partial charge in [0.2, 0.25) is 0 Å². The number of aryl methyl sites for hydroxylation is 1. The molecule has 3 nitrogen and oxygen atoms in total. The molecule has 2 aliphatic rings. The molecule has 1 saturated heterocycles. The van der Waals surface area contributed by atoms with Crippen LogP contribution >= 0.6 is 0 Å². The Morgan fingerprint density at radius 3 is 3.17 bits per heavy atom. The van der Waals surface area contributed by atoms with E-state index < -0.39 is 0 Å². The second-order valence-corrected chi connectivity index (χ2v) is 5.35. The Morgan fingerprint density at radius 1 is 1.28 bits per heavy atom. The van der Waals surface area contributed by atoms with Gasteiger partial charge in [-0.3, -0.25) is 0 Å². The molecule has 4 rings (SSSR count). The number of hydrogen-bond acceptors (Lipinski definition) is 2. The van der Waals surface area contributed by atoms with Crippen molar-refractivity contribution in [1.82, 2.24) is 10.3 Å². The molecule has 0 amide bonds. The Bertz CT molecular complexity index is 581. The van der Waals surface area contributed by atoms with Gasteiger partial charge in [0.05, 0.1) is 6.61 Å². The first-order valence-corrected chi connectivity index (χ1v) is 6.90. The molecule has 94 valence electrons. The number of aromatic nitrogens is 1. The molecule has 3 heteroatoms. The maximum Gasteiger partial charge on any atom is 0.123 e. The number of fused-ring (bicyclic) bond motifs is 3. The van der Waals surface area contributed by atoms with Crippen LogP contribution in [-0.2, 0) is 6.42 Å². The summed E-state index contributed by atoms with van der Waals surface area (Å²) < 4.78 is 5.79. The van der Waals surface area contributed by atoms with Crippen molar-refractivity contribution in [2.75, 3.05) is 19.7 Å². The van der Waals surface area contributed by atoms with Gasteiger partial charge in [0.1, 0.15) is 5.75 Å². The van der Waals surface area contributed by atoms with Crippen molar-refractivity contribution in [2.24, 2.45) is 0 Å². The minimum Gasteiger partial charge on any atom is -0.493 e. The standard InChI is InChI=1S/C15H18N2O/c1-2-11-14(18-7-1)4-3-13-15(11)12(9-17-13)10-5-6-16-8-10/h3-4,9-10,16-17H,1-2,5-8H2. The molecule has 18 heavy (non-hydrogen) atoms. The van der Waals surface area contributed by atoms with E-state index in [1.165, 1.54) is 28.5 Å². The maximum atomic E-state index is 5.79. The van der Waals surface area contributed by atoms with Crippen LogP contribution in [0.25, 0.3) is 10.9 Å². The largest absolute Gasteiger partial charge is 0.493 e. The smallest absolute Gasteiger partial charge is 0.123 e. The number of benzene rings is 1. The van der Waals surface area contributed by atoms with Crippen LogP contribution in [0.5, 0.6) is 5.75 Å². The first-order chi connectivity index (χ1) is 8.93. The molecule has 0 aliphatic carbocycles. The van der Waals surface area contributed by atoms with Crippen LogP contribution in [0.1, 0.15) is 29.9 Å². The number of aromatic amines is 1. The van der Waals surface area contributed by atoms with E-state index in [9.17, 15) is 0 Å². The zero-order chi connectivity index (χ0) is 11.9. The van der Waals surface area contributed by atoms with E-state index >= 15 is 0 Å². The number of ether oxygens (including phenoxy) is 1. The van der Waals surface area contributed by atoms with Crippen LogP contribution in [-0.4, -0.2) is 24.7 Å². The fourth-order valence-corrected chi connectivity index (χ4v) is 3.36. The van der Waals surface area contributed by atoms with Crippen molar-refractivity contribution >= 4 is 10.9 Å². The normalized spacial score (nSPS) is 23.0. The van der Waals surface area contributed by atoms with E-state index in [2.05, 4.69) is 28.6 Å². The highest BCUT2D eigenvalue weighted by molar-refractivity contribution is 5.89. The van der Waals surface area contributed by atoms with Gasteiger partial charge in [0, 0.05) is 29.2 Å². The second-order valence-electron chi connectivity index (χ2n) is 5.35. The van der Waals surface area contributed by atoms with Crippen LogP contribution in [0.15, 0.2) is 18.3 Å². The summed E-state index contributed by atoms with van der Waals surface area (Å²) in [4.78, 5) is 3.43. The van der Waals surface area contributed by atoms with Gasteiger partial charge in [0.15, 0.2) is 0 Å². The van der Waals surface area contributed by atoms with Crippen LogP contribution in [0, 0.1) is 0 Å². The van der Waals surface area contributed by atoms with Gasteiger partial charge in [0.25, 0.3) is 0 Å². The second kappa shape index (κ2) is 4.02. The third kappa shape index (κ3) is 1.47. The highest BCUT2D eigenvalue weighted by Gasteiger charge is 2.23. The summed E-state index contributed by atoms with van der Waals surface area (Å²) in [6, 6.07) is 4.27. The van der Waals surface area contributed by atoms with E-state index in [1.54, 1.807) is 0 Å². The van der Waals surface area contributed by atoms with Crippen LogP contribution < -0.4 is 10.1 Å². The number of nitrogens with one attached hydrogen (secondary N) is 2. The number of rotatable bonds is 1. The number of hydrogen-bond donors (Lipinski definition) is 2. The first-order valence-electron chi connectivity index (χ1n) is 6.90. The summed E-state index contributed by atoms with van der Waals surface area (Å²) in [5.74, 6) is 1.76. The minimum atomic E-state index is 0.659. The average molecular weight is 242 g/mol. The highest BCUT2D eigenvalue weighted by Crippen LogP contribution is 2.37. The zero-order valence-corrected chi connectivity index (χ0v) is 10.5. The van der Waals surface area contributed by atoms with Crippen molar-refractivity contribution in [3.8, 4) is 5.75 Å². The Labute approximate surface area is 107 Å². The van der Waals surface area contributed by atoms with Gasteiger partial charge in [-0.25, -0.2) is 0 Å². The molecule has 1 fully saturated rings. The third-order valence-corrected chi connectivity index (χ3v) is 4.27. The first kappa shape index (κ1) is 10.4. The summed E-state index contributed by atoms with van der Waals surface area (Å²) in [6.45, 7) is 3.11. The molecule has 3 heterocycles. The lowest BCUT2D eigenvalue weighted by Crippen LogP contribution is -2.10. The quantitative estimate of drug-likeness (QED) is 0.806. The topological polar surface area (TPSA) is 37.0 Å². The summed E-state index contributed by atoms with van der Waals surface area (Å²) in [5.41, 5.74) is 4.17. The molecule has 1 atom stereocenters. The van der Waals surface area contributed by atoms with E-state index in [4.69, 9.17) is 4.74 Å². The SMILES string of the molecule is c1cc2[nH]cc(C3CCNC3)c2c2c1OCCC2. The lowest BCUT2D eigenvalue weighted by molar-refractivity contribution is 0.289. The Kier molecular flexibility index (Phi) is 2.33. The van der Waals surface area contributed by atoms with E-state index in [1.807, 2.05) is 0 Å². The Balaban J connectivity index is 1.92. The van der Waals surface area contributed by atoms with E-state index in [0.717, 1.165) is 38.3 Å².